The topological polar surface area (TPSA) is 68.2 Å². The van der Waals surface area contributed by atoms with E-state index in [0.29, 0.717) is 10.7 Å². The zero-order valence-corrected chi connectivity index (χ0v) is 13.6. The lowest BCUT2D eigenvalue weighted by molar-refractivity contribution is 0.863. The van der Waals surface area contributed by atoms with Crippen molar-refractivity contribution < 1.29 is 0 Å². The molecule has 8 heteroatoms. The summed E-state index contributed by atoms with van der Waals surface area (Å²) in [5.41, 5.74) is 10.1. The Morgan fingerprint density at radius 3 is 2.75 bits per heavy atom. The molecule has 3 N–H and O–H groups in total. The normalized spacial score (nSPS) is 10.9. The summed E-state index contributed by atoms with van der Waals surface area (Å²) in [6.07, 6.45) is 1.54. The molecule has 2 rings (SSSR count). The molecule has 20 heavy (non-hydrogen) atoms. The minimum atomic E-state index is 0.0929. The van der Waals surface area contributed by atoms with E-state index in [1.54, 1.807) is 10.9 Å². The van der Waals surface area contributed by atoms with Gasteiger partial charge < -0.3 is 5.73 Å². The second-order valence-electron chi connectivity index (χ2n) is 3.91. The molecule has 2 aromatic rings. The number of hydrazone groups is 1. The first-order valence-corrected chi connectivity index (χ1v) is 7.16. The lowest BCUT2D eigenvalue weighted by Crippen LogP contribution is -2.24. The van der Waals surface area contributed by atoms with E-state index < -0.39 is 0 Å². The van der Waals surface area contributed by atoms with Gasteiger partial charge in [-0.05, 0) is 43.4 Å². The second-order valence-corrected chi connectivity index (χ2v) is 5.63. The van der Waals surface area contributed by atoms with Gasteiger partial charge >= 0.3 is 0 Å². The third kappa shape index (κ3) is 3.36. The standard InChI is InChI=1S/C12H11BrClN5S/c1-7-10(6-16-17-12(15)20)11(14)19(18-7)9-4-2-8(13)3-5-9/h2-6H,1H3,(H3,15,17,20)/b16-6+. The Hall–Kier alpha value is -1.44. The molecular weight excluding hydrogens is 362 g/mol. The molecule has 0 radical (unpaired) electrons. The van der Waals surface area contributed by atoms with Gasteiger partial charge in [0.1, 0.15) is 5.15 Å². The number of nitrogens with one attached hydrogen (secondary N) is 1. The number of aromatic nitrogens is 2. The van der Waals surface area contributed by atoms with E-state index in [0.717, 1.165) is 15.9 Å². The van der Waals surface area contributed by atoms with Crippen molar-refractivity contribution >= 4 is 51.1 Å². The van der Waals surface area contributed by atoms with Crippen LogP contribution in [0.4, 0.5) is 0 Å². The highest BCUT2D eigenvalue weighted by Crippen LogP contribution is 2.23. The average Bonchev–Trinajstić information content (AvgIpc) is 2.67. The van der Waals surface area contributed by atoms with Crippen LogP contribution in [0.2, 0.25) is 5.15 Å². The number of thiocarbonyl (C=S) groups is 1. The van der Waals surface area contributed by atoms with Gasteiger partial charge in [0.25, 0.3) is 0 Å². The van der Waals surface area contributed by atoms with Crippen LogP contribution in [-0.2, 0) is 0 Å². The van der Waals surface area contributed by atoms with E-state index in [2.05, 4.69) is 43.8 Å². The predicted molar refractivity (Wildman–Crippen MR) is 88.5 cm³/mol. The monoisotopic (exact) mass is 371 g/mol. The van der Waals surface area contributed by atoms with Crippen molar-refractivity contribution in [2.45, 2.75) is 6.92 Å². The first-order valence-electron chi connectivity index (χ1n) is 5.58. The van der Waals surface area contributed by atoms with Gasteiger partial charge in [-0.25, -0.2) is 4.68 Å². The smallest absolute Gasteiger partial charge is 0.184 e. The summed E-state index contributed by atoms with van der Waals surface area (Å²) < 4.78 is 2.63. The van der Waals surface area contributed by atoms with E-state index in [1.165, 1.54) is 0 Å². The summed E-state index contributed by atoms with van der Waals surface area (Å²) in [6.45, 7) is 1.85. The molecule has 0 saturated carbocycles. The number of rotatable bonds is 3. The molecule has 0 spiro atoms. The van der Waals surface area contributed by atoms with Gasteiger partial charge in [-0.3, -0.25) is 5.43 Å². The van der Waals surface area contributed by atoms with Crippen LogP contribution in [0.3, 0.4) is 0 Å². The van der Waals surface area contributed by atoms with Crippen molar-refractivity contribution in [1.29, 1.82) is 0 Å². The van der Waals surface area contributed by atoms with E-state index in [-0.39, 0.29) is 5.11 Å². The predicted octanol–water partition coefficient (Wildman–Crippen LogP) is 2.76. The van der Waals surface area contributed by atoms with Gasteiger partial charge in [-0.15, -0.1) is 0 Å². The summed E-state index contributed by atoms with van der Waals surface area (Å²) in [5, 5.41) is 8.86. The highest BCUT2D eigenvalue weighted by molar-refractivity contribution is 9.10. The number of halogens is 2. The summed E-state index contributed by atoms with van der Waals surface area (Å²) in [5.74, 6) is 0. The number of nitrogens with two attached hydrogens (primary N) is 1. The third-order valence-electron chi connectivity index (χ3n) is 2.49. The molecule has 0 saturated heterocycles. The zero-order chi connectivity index (χ0) is 14.7. The lowest BCUT2D eigenvalue weighted by Gasteiger charge is -2.02. The van der Waals surface area contributed by atoms with Gasteiger partial charge in [0.2, 0.25) is 0 Å². The van der Waals surface area contributed by atoms with E-state index in [9.17, 15) is 0 Å². The molecule has 0 atom stereocenters. The van der Waals surface area contributed by atoms with Crippen molar-refractivity contribution in [3.63, 3.8) is 0 Å². The molecule has 104 valence electrons. The Bertz CT molecular complexity index is 665. The molecule has 0 unspecified atom stereocenters. The first kappa shape index (κ1) is 15.0. The van der Waals surface area contributed by atoms with Crippen molar-refractivity contribution in [1.82, 2.24) is 15.2 Å². The maximum atomic E-state index is 6.32. The maximum absolute atomic E-state index is 6.32. The second kappa shape index (κ2) is 6.34. The van der Waals surface area contributed by atoms with E-state index in [1.807, 2.05) is 31.2 Å². The van der Waals surface area contributed by atoms with Crippen LogP contribution in [0.1, 0.15) is 11.3 Å². The molecule has 5 nitrogen and oxygen atoms in total. The minimum Gasteiger partial charge on any atom is -0.375 e. The fourth-order valence-electron chi connectivity index (χ4n) is 1.57. The summed E-state index contributed by atoms with van der Waals surface area (Å²) >= 11 is 14.4. The highest BCUT2D eigenvalue weighted by atomic mass is 79.9. The number of nitrogens with zero attached hydrogens (tertiary/aromatic N) is 3. The molecule has 0 fully saturated rings. The number of hydrogen-bond donors (Lipinski definition) is 2. The number of aryl methyl sites for hydroxylation is 1. The highest BCUT2D eigenvalue weighted by Gasteiger charge is 2.13. The summed E-state index contributed by atoms with van der Waals surface area (Å²) in [6, 6.07) is 7.67. The molecular formula is C12H11BrClN5S. The van der Waals surface area contributed by atoms with Gasteiger partial charge in [-0.2, -0.15) is 10.2 Å². The molecule has 0 amide bonds. The average molecular weight is 373 g/mol. The van der Waals surface area contributed by atoms with Gasteiger partial charge in [-0.1, -0.05) is 27.5 Å². The van der Waals surface area contributed by atoms with Crippen molar-refractivity contribution in [3.05, 3.63) is 45.1 Å². The number of benzene rings is 1. The quantitative estimate of drug-likeness (QED) is 0.494. The summed E-state index contributed by atoms with van der Waals surface area (Å²) in [4.78, 5) is 0. The third-order valence-corrected chi connectivity index (χ3v) is 3.47. The van der Waals surface area contributed by atoms with Crippen LogP contribution in [0.5, 0.6) is 0 Å². The van der Waals surface area contributed by atoms with Crippen LogP contribution < -0.4 is 11.2 Å². The fraction of sp³-hybridized carbons (Fsp3) is 0.0833. The largest absolute Gasteiger partial charge is 0.375 e. The maximum Gasteiger partial charge on any atom is 0.184 e. The molecule has 0 aliphatic heterocycles. The molecule has 1 heterocycles. The Labute approximate surface area is 134 Å². The van der Waals surface area contributed by atoms with Crippen LogP contribution >= 0.6 is 39.7 Å². The summed E-state index contributed by atoms with van der Waals surface area (Å²) in [7, 11) is 0. The van der Waals surface area contributed by atoms with Crippen LogP contribution in [0.25, 0.3) is 5.69 Å². The van der Waals surface area contributed by atoms with Gasteiger partial charge in [0.05, 0.1) is 23.2 Å². The first-order chi connectivity index (χ1) is 9.49. The molecule has 1 aromatic heterocycles. The van der Waals surface area contributed by atoms with Crippen LogP contribution in [0, 0.1) is 6.92 Å². The van der Waals surface area contributed by atoms with Crippen LogP contribution in [0.15, 0.2) is 33.8 Å². The van der Waals surface area contributed by atoms with Crippen molar-refractivity contribution in [3.8, 4) is 5.69 Å². The van der Waals surface area contributed by atoms with Crippen molar-refractivity contribution in [2.24, 2.45) is 10.8 Å². The Morgan fingerprint density at radius 2 is 2.15 bits per heavy atom. The Balaban J connectivity index is 2.35. The van der Waals surface area contributed by atoms with Gasteiger partial charge in [0, 0.05) is 4.47 Å². The molecule has 0 aliphatic rings. The molecule has 1 aromatic carbocycles. The van der Waals surface area contributed by atoms with Gasteiger partial charge in [0.15, 0.2) is 5.11 Å². The number of hydrogen-bond acceptors (Lipinski definition) is 3. The van der Waals surface area contributed by atoms with Crippen molar-refractivity contribution in [2.75, 3.05) is 0 Å². The minimum absolute atomic E-state index is 0.0929. The lowest BCUT2D eigenvalue weighted by atomic mass is 10.3. The van der Waals surface area contributed by atoms with E-state index >= 15 is 0 Å². The zero-order valence-electron chi connectivity index (χ0n) is 10.5. The van der Waals surface area contributed by atoms with Crippen LogP contribution in [-0.4, -0.2) is 21.1 Å². The SMILES string of the molecule is Cc1nn(-c2ccc(Br)cc2)c(Cl)c1/C=N/NC(N)=S. The Kier molecular flexibility index (Phi) is 4.74. The van der Waals surface area contributed by atoms with E-state index in [4.69, 9.17) is 17.3 Å². The molecule has 0 bridgehead atoms. The molecule has 0 aliphatic carbocycles. The fourth-order valence-corrected chi connectivity index (χ4v) is 2.21. The Morgan fingerprint density at radius 1 is 1.50 bits per heavy atom.